The summed E-state index contributed by atoms with van der Waals surface area (Å²) < 4.78 is 0. The minimum absolute atomic E-state index is 0.156. The van der Waals surface area contributed by atoms with Gasteiger partial charge in [-0.3, -0.25) is 0 Å². The lowest BCUT2D eigenvalue weighted by molar-refractivity contribution is 0.167. The molecule has 1 heterocycles. The van der Waals surface area contributed by atoms with Crippen LogP contribution in [0.15, 0.2) is 0 Å². The number of likely N-dealkylation sites (tertiary alicyclic amines) is 1. The molecule has 98 valence electrons. The average molecular weight is 239 g/mol. The fourth-order valence-electron chi connectivity index (χ4n) is 2.45. The lowest BCUT2D eigenvalue weighted by Crippen LogP contribution is -2.51. The minimum Gasteiger partial charge on any atom is -0.335 e. The first kappa shape index (κ1) is 12.7. The average Bonchev–Trinajstić information content (AvgIpc) is 2.31. The smallest absolute Gasteiger partial charge is 0.317 e. The molecule has 0 aromatic heterocycles. The molecule has 2 N–H and O–H groups in total. The standard InChI is InChI=1S/C13H25N3O/c1-2-8-14-11-6-9-16(10-7-11)13(17)15-12-4-3-5-12/h11-12,14H,2-10H2,1H3,(H,15,17). The first-order chi connectivity index (χ1) is 8.29. The lowest BCUT2D eigenvalue weighted by Gasteiger charge is -2.35. The van der Waals surface area contributed by atoms with E-state index in [2.05, 4.69) is 17.6 Å². The van der Waals surface area contributed by atoms with Gasteiger partial charge in [-0.2, -0.15) is 0 Å². The fraction of sp³-hybridized carbons (Fsp3) is 0.923. The zero-order chi connectivity index (χ0) is 12.1. The number of nitrogens with one attached hydrogen (secondary N) is 2. The van der Waals surface area contributed by atoms with Gasteiger partial charge in [-0.15, -0.1) is 0 Å². The number of piperidine rings is 1. The van der Waals surface area contributed by atoms with Crippen molar-refractivity contribution in [3.05, 3.63) is 0 Å². The van der Waals surface area contributed by atoms with Crippen LogP contribution in [-0.4, -0.2) is 42.6 Å². The van der Waals surface area contributed by atoms with Crippen molar-refractivity contribution in [2.75, 3.05) is 19.6 Å². The van der Waals surface area contributed by atoms with Crippen LogP contribution >= 0.6 is 0 Å². The second kappa shape index (κ2) is 6.24. The largest absolute Gasteiger partial charge is 0.335 e. The topological polar surface area (TPSA) is 44.4 Å². The predicted octanol–water partition coefficient (Wildman–Crippen LogP) is 1.71. The minimum atomic E-state index is 0.156. The summed E-state index contributed by atoms with van der Waals surface area (Å²) in [4.78, 5) is 13.9. The fourth-order valence-corrected chi connectivity index (χ4v) is 2.45. The molecule has 2 amide bonds. The maximum absolute atomic E-state index is 11.9. The molecule has 0 radical (unpaired) electrons. The van der Waals surface area contributed by atoms with Gasteiger partial charge < -0.3 is 15.5 Å². The van der Waals surface area contributed by atoms with Crippen LogP contribution in [0.1, 0.15) is 45.4 Å². The van der Waals surface area contributed by atoms with E-state index in [-0.39, 0.29) is 6.03 Å². The molecule has 0 atom stereocenters. The van der Waals surface area contributed by atoms with Gasteiger partial charge in [-0.05, 0) is 45.1 Å². The van der Waals surface area contributed by atoms with Crippen LogP contribution in [0.2, 0.25) is 0 Å². The third-order valence-electron chi connectivity index (χ3n) is 3.90. The van der Waals surface area contributed by atoms with Crippen molar-refractivity contribution in [2.45, 2.75) is 57.5 Å². The van der Waals surface area contributed by atoms with Gasteiger partial charge in [-0.25, -0.2) is 4.79 Å². The molecule has 2 aliphatic rings. The number of nitrogens with zero attached hydrogens (tertiary/aromatic N) is 1. The third-order valence-corrected chi connectivity index (χ3v) is 3.90. The summed E-state index contributed by atoms with van der Waals surface area (Å²) in [5, 5.41) is 6.65. The van der Waals surface area contributed by atoms with E-state index in [0.29, 0.717) is 12.1 Å². The number of hydrogen-bond acceptors (Lipinski definition) is 2. The predicted molar refractivity (Wildman–Crippen MR) is 69.1 cm³/mol. The van der Waals surface area contributed by atoms with Gasteiger partial charge in [0, 0.05) is 25.2 Å². The SMILES string of the molecule is CCCNC1CCN(C(=O)NC2CCC2)CC1. The second-order valence-electron chi connectivity index (χ2n) is 5.29. The summed E-state index contributed by atoms with van der Waals surface area (Å²) in [6.45, 7) is 5.09. The number of carbonyl (C=O) groups is 1. The molecular formula is C13H25N3O. The van der Waals surface area contributed by atoms with Crippen LogP contribution in [0.3, 0.4) is 0 Å². The Hall–Kier alpha value is -0.770. The monoisotopic (exact) mass is 239 g/mol. The van der Waals surface area contributed by atoms with Crippen molar-refractivity contribution in [1.29, 1.82) is 0 Å². The van der Waals surface area contributed by atoms with Crippen LogP contribution in [0, 0.1) is 0 Å². The number of urea groups is 1. The zero-order valence-corrected chi connectivity index (χ0v) is 10.9. The van der Waals surface area contributed by atoms with E-state index in [9.17, 15) is 4.79 Å². The molecule has 1 aliphatic carbocycles. The quantitative estimate of drug-likeness (QED) is 0.784. The van der Waals surface area contributed by atoms with Crippen molar-refractivity contribution in [3.8, 4) is 0 Å². The molecule has 4 nitrogen and oxygen atoms in total. The summed E-state index contributed by atoms with van der Waals surface area (Å²) in [6, 6.07) is 1.23. The molecule has 0 unspecified atom stereocenters. The highest BCUT2D eigenvalue weighted by Crippen LogP contribution is 2.19. The number of carbonyl (C=O) groups excluding carboxylic acids is 1. The Morgan fingerprint density at radius 3 is 2.41 bits per heavy atom. The van der Waals surface area contributed by atoms with E-state index in [1.165, 1.54) is 25.7 Å². The Kier molecular flexibility index (Phi) is 4.66. The Bertz CT molecular complexity index is 245. The number of rotatable bonds is 4. The third kappa shape index (κ3) is 3.60. The van der Waals surface area contributed by atoms with E-state index in [0.717, 1.165) is 32.5 Å². The maximum Gasteiger partial charge on any atom is 0.317 e. The first-order valence-corrected chi connectivity index (χ1v) is 7.08. The Balaban J connectivity index is 1.65. The molecule has 4 heteroatoms. The first-order valence-electron chi connectivity index (χ1n) is 7.08. The summed E-state index contributed by atoms with van der Waals surface area (Å²) in [6.07, 6.45) is 6.98. The summed E-state index contributed by atoms with van der Waals surface area (Å²) in [7, 11) is 0. The Morgan fingerprint density at radius 1 is 1.18 bits per heavy atom. The van der Waals surface area contributed by atoms with Gasteiger partial charge in [0.2, 0.25) is 0 Å². The molecule has 2 fully saturated rings. The number of hydrogen-bond donors (Lipinski definition) is 2. The highest BCUT2D eigenvalue weighted by Gasteiger charge is 2.25. The lowest BCUT2D eigenvalue weighted by atomic mass is 9.93. The van der Waals surface area contributed by atoms with Gasteiger partial charge in [0.05, 0.1) is 0 Å². The maximum atomic E-state index is 11.9. The van der Waals surface area contributed by atoms with Gasteiger partial charge in [0.15, 0.2) is 0 Å². The van der Waals surface area contributed by atoms with E-state index in [1.807, 2.05) is 4.90 Å². The molecular weight excluding hydrogens is 214 g/mol. The van der Waals surface area contributed by atoms with Crippen molar-refractivity contribution in [1.82, 2.24) is 15.5 Å². The molecule has 2 rings (SSSR count). The summed E-state index contributed by atoms with van der Waals surface area (Å²) in [5.41, 5.74) is 0. The van der Waals surface area contributed by atoms with Crippen molar-refractivity contribution < 1.29 is 4.79 Å². The zero-order valence-electron chi connectivity index (χ0n) is 10.9. The van der Waals surface area contributed by atoms with Crippen molar-refractivity contribution in [3.63, 3.8) is 0 Å². The molecule has 0 bridgehead atoms. The normalized spacial score (nSPS) is 22.3. The van der Waals surface area contributed by atoms with Crippen LogP contribution in [-0.2, 0) is 0 Å². The summed E-state index contributed by atoms with van der Waals surface area (Å²) in [5.74, 6) is 0. The van der Waals surface area contributed by atoms with E-state index in [4.69, 9.17) is 0 Å². The van der Waals surface area contributed by atoms with Crippen LogP contribution in [0.4, 0.5) is 4.79 Å². The van der Waals surface area contributed by atoms with Gasteiger partial charge in [-0.1, -0.05) is 6.92 Å². The molecule has 17 heavy (non-hydrogen) atoms. The highest BCUT2D eigenvalue weighted by atomic mass is 16.2. The second-order valence-corrected chi connectivity index (χ2v) is 5.29. The molecule has 1 saturated carbocycles. The molecule has 0 aromatic rings. The van der Waals surface area contributed by atoms with Gasteiger partial charge >= 0.3 is 6.03 Å². The Labute approximate surface area is 104 Å². The van der Waals surface area contributed by atoms with E-state index >= 15 is 0 Å². The Morgan fingerprint density at radius 2 is 1.88 bits per heavy atom. The van der Waals surface area contributed by atoms with Crippen molar-refractivity contribution in [2.24, 2.45) is 0 Å². The molecule has 1 aliphatic heterocycles. The van der Waals surface area contributed by atoms with E-state index < -0.39 is 0 Å². The van der Waals surface area contributed by atoms with E-state index in [1.54, 1.807) is 0 Å². The molecule has 0 aromatic carbocycles. The van der Waals surface area contributed by atoms with Gasteiger partial charge in [0.1, 0.15) is 0 Å². The van der Waals surface area contributed by atoms with Crippen LogP contribution in [0.25, 0.3) is 0 Å². The highest BCUT2D eigenvalue weighted by molar-refractivity contribution is 5.74. The summed E-state index contributed by atoms with van der Waals surface area (Å²) >= 11 is 0. The van der Waals surface area contributed by atoms with Crippen molar-refractivity contribution >= 4 is 6.03 Å². The van der Waals surface area contributed by atoms with Crippen LogP contribution in [0.5, 0.6) is 0 Å². The molecule has 1 saturated heterocycles. The van der Waals surface area contributed by atoms with Crippen LogP contribution < -0.4 is 10.6 Å². The van der Waals surface area contributed by atoms with Gasteiger partial charge in [0.25, 0.3) is 0 Å². The number of amides is 2. The molecule has 0 spiro atoms.